The summed E-state index contributed by atoms with van der Waals surface area (Å²) in [6, 6.07) is 11.6. The van der Waals surface area contributed by atoms with Gasteiger partial charge in [-0.1, -0.05) is 43.7 Å². The lowest BCUT2D eigenvalue weighted by molar-refractivity contribution is 0.139. The predicted octanol–water partition coefficient (Wildman–Crippen LogP) is 3.77. The zero-order chi connectivity index (χ0) is 16.7. The van der Waals surface area contributed by atoms with Crippen molar-refractivity contribution < 1.29 is 9.53 Å². The summed E-state index contributed by atoms with van der Waals surface area (Å²) in [5.41, 5.74) is 6.33. The second kappa shape index (κ2) is 8.08. The maximum atomic E-state index is 11.7. The molecule has 1 N–H and O–H groups in total. The molecule has 1 heterocycles. The fourth-order valence-electron chi connectivity index (χ4n) is 2.20. The molecule has 23 heavy (non-hydrogen) atoms. The van der Waals surface area contributed by atoms with Crippen molar-refractivity contribution in [2.24, 2.45) is 5.10 Å². The van der Waals surface area contributed by atoms with E-state index in [1.54, 1.807) is 12.3 Å². The topological polar surface area (TPSA) is 63.6 Å². The first-order chi connectivity index (χ1) is 11.1. The van der Waals surface area contributed by atoms with Gasteiger partial charge in [-0.3, -0.25) is 4.98 Å². The van der Waals surface area contributed by atoms with E-state index >= 15 is 0 Å². The van der Waals surface area contributed by atoms with Gasteiger partial charge in [-0.25, -0.2) is 10.2 Å². The second-order valence-corrected chi connectivity index (χ2v) is 5.56. The van der Waals surface area contributed by atoms with Crippen LogP contribution in [-0.4, -0.2) is 17.3 Å². The number of hydrazone groups is 1. The van der Waals surface area contributed by atoms with Crippen LogP contribution in [0.15, 0.2) is 47.7 Å². The Balaban J connectivity index is 1.90. The van der Waals surface area contributed by atoms with E-state index in [-0.39, 0.29) is 6.61 Å². The number of nitrogens with one attached hydrogen (secondary N) is 1. The van der Waals surface area contributed by atoms with Gasteiger partial charge in [-0.2, -0.15) is 5.10 Å². The highest BCUT2D eigenvalue weighted by Gasteiger charge is 2.09. The van der Waals surface area contributed by atoms with Gasteiger partial charge in [-0.05, 0) is 36.1 Å². The molecule has 5 nitrogen and oxygen atoms in total. The van der Waals surface area contributed by atoms with Gasteiger partial charge in [0.25, 0.3) is 0 Å². The minimum absolute atomic E-state index is 0.222. The minimum Gasteiger partial charge on any atom is -0.443 e. The summed E-state index contributed by atoms with van der Waals surface area (Å²) in [5, 5.41) is 3.82. The van der Waals surface area contributed by atoms with Crippen LogP contribution >= 0.6 is 0 Å². The molecular weight excluding hydrogens is 290 g/mol. The third-order valence-corrected chi connectivity index (χ3v) is 3.32. The van der Waals surface area contributed by atoms with Crippen LogP contribution < -0.4 is 5.43 Å². The van der Waals surface area contributed by atoms with Crippen molar-refractivity contribution in [3.05, 3.63) is 65.0 Å². The Kier molecular flexibility index (Phi) is 5.86. The number of pyridine rings is 1. The first-order valence-electron chi connectivity index (χ1n) is 7.52. The average Bonchev–Trinajstić information content (AvgIpc) is 2.53. The number of carbonyl (C=O) groups excluding carboxylic acids is 1. The number of hydrogen-bond acceptors (Lipinski definition) is 4. The number of amides is 1. The minimum atomic E-state index is -0.589. The predicted molar refractivity (Wildman–Crippen MR) is 90.4 cm³/mol. The summed E-state index contributed by atoms with van der Waals surface area (Å²) in [7, 11) is 0. The van der Waals surface area contributed by atoms with E-state index in [9.17, 15) is 4.79 Å². The molecule has 0 fully saturated rings. The second-order valence-electron chi connectivity index (χ2n) is 5.56. The third kappa shape index (κ3) is 5.21. The molecule has 0 saturated carbocycles. The first kappa shape index (κ1) is 16.7. The molecule has 1 aromatic carbocycles. The molecule has 0 aliphatic heterocycles. The molecule has 2 aromatic rings. The lowest BCUT2D eigenvalue weighted by Crippen LogP contribution is -2.19. The molecule has 2 rings (SSSR count). The Morgan fingerprint density at radius 2 is 2.17 bits per heavy atom. The Morgan fingerprint density at radius 1 is 1.35 bits per heavy atom. The van der Waals surface area contributed by atoms with Crippen LogP contribution in [0.25, 0.3) is 0 Å². The Morgan fingerprint density at radius 3 is 2.87 bits per heavy atom. The van der Waals surface area contributed by atoms with Gasteiger partial charge in [0.1, 0.15) is 6.61 Å². The van der Waals surface area contributed by atoms with Crippen LogP contribution in [0.2, 0.25) is 0 Å². The van der Waals surface area contributed by atoms with Crippen molar-refractivity contribution in [2.45, 2.75) is 33.3 Å². The van der Waals surface area contributed by atoms with Crippen LogP contribution in [0.3, 0.4) is 0 Å². The molecule has 0 saturated heterocycles. The number of aryl methyl sites for hydroxylation is 1. The number of hydrogen-bond donors (Lipinski definition) is 1. The number of benzene rings is 1. The monoisotopic (exact) mass is 311 g/mol. The molecule has 0 unspecified atom stereocenters. The fourth-order valence-corrected chi connectivity index (χ4v) is 2.20. The summed E-state index contributed by atoms with van der Waals surface area (Å²) < 4.78 is 5.23. The highest BCUT2D eigenvalue weighted by molar-refractivity contribution is 5.78. The van der Waals surface area contributed by atoms with Gasteiger partial charge in [0, 0.05) is 6.20 Å². The Labute approximate surface area is 136 Å². The van der Waals surface area contributed by atoms with Crippen LogP contribution in [-0.2, 0) is 11.3 Å². The van der Waals surface area contributed by atoms with E-state index in [0.717, 1.165) is 11.1 Å². The first-order valence-corrected chi connectivity index (χ1v) is 7.52. The number of nitrogens with zero attached hydrogens (tertiary/aromatic N) is 2. The van der Waals surface area contributed by atoms with Crippen molar-refractivity contribution in [3.8, 4) is 0 Å². The average molecular weight is 311 g/mol. The zero-order valence-corrected chi connectivity index (χ0v) is 13.6. The Bertz CT molecular complexity index is 682. The normalized spacial score (nSPS) is 11.0. The van der Waals surface area contributed by atoms with Gasteiger partial charge in [0.15, 0.2) is 0 Å². The molecule has 0 aliphatic rings. The number of carbonyl (C=O) groups is 1. The lowest BCUT2D eigenvalue weighted by Gasteiger charge is -2.13. The molecule has 5 heteroatoms. The largest absolute Gasteiger partial charge is 0.443 e. The van der Waals surface area contributed by atoms with E-state index in [1.807, 2.05) is 25.1 Å². The number of aromatic nitrogens is 1. The zero-order valence-electron chi connectivity index (χ0n) is 13.6. The van der Waals surface area contributed by atoms with Crippen LogP contribution in [0.4, 0.5) is 4.79 Å². The highest BCUT2D eigenvalue weighted by Crippen LogP contribution is 2.21. The summed E-state index contributed by atoms with van der Waals surface area (Å²) >= 11 is 0. The number of rotatable bonds is 5. The molecule has 0 spiro atoms. The molecular formula is C18H21N3O2. The van der Waals surface area contributed by atoms with Gasteiger partial charge in [0.05, 0.1) is 11.9 Å². The lowest BCUT2D eigenvalue weighted by atomic mass is 9.96. The van der Waals surface area contributed by atoms with Crippen LogP contribution in [0.5, 0.6) is 0 Å². The maximum Gasteiger partial charge on any atom is 0.428 e. The molecule has 0 atom stereocenters. The molecule has 1 amide bonds. The number of ether oxygens (including phenoxy) is 1. The summed E-state index contributed by atoms with van der Waals surface area (Å²) in [5.74, 6) is 0.374. The van der Waals surface area contributed by atoms with Crippen molar-refractivity contribution in [1.29, 1.82) is 0 Å². The highest BCUT2D eigenvalue weighted by atomic mass is 16.5. The standard InChI is InChI=1S/C18H21N3O2/c1-13(2)17-8-7-14(3)10-15(17)12-23-18(22)21-20-11-16-6-4-5-9-19-16/h4-11,13H,12H2,1-3H3,(H,21,22)/b20-11+. The molecule has 0 radical (unpaired) electrons. The quantitative estimate of drug-likeness (QED) is 0.675. The molecule has 120 valence electrons. The third-order valence-electron chi connectivity index (χ3n) is 3.32. The van der Waals surface area contributed by atoms with E-state index in [2.05, 4.69) is 41.5 Å². The van der Waals surface area contributed by atoms with Gasteiger partial charge < -0.3 is 4.74 Å². The summed E-state index contributed by atoms with van der Waals surface area (Å²) in [4.78, 5) is 15.8. The SMILES string of the molecule is Cc1ccc(C(C)C)c(COC(=O)N/N=C/c2ccccn2)c1. The summed E-state index contributed by atoms with van der Waals surface area (Å²) in [6.07, 6.45) is 2.53. The van der Waals surface area contributed by atoms with Gasteiger partial charge in [-0.15, -0.1) is 0 Å². The van der Waals surface area contributed by atoms with E-state index in [0.29, 0.717) is 11.6 Å². The molecule has 0 aliphatic carbocycles. The molecule has 0 bridgehead atoms. The van der Waals surface area contributed by atoms with Crippen LogP contribution in [0, 0.1) is 6.92 Å². The van der Waals surface area contributed by atoms with E-state index in [1.165, 1.54) is 11.8 Å². The van der Waals surface area contributed by atoms with Crippen molar-refractivity contribution >= 4 is 12.3 Å². The van der Waals surface area contributed by atoms with Gasteiger partial charge in [0.2, 0.25) is 0 Å². The van der Waals surface area contributed by atoms with Gasteiger partial charge >= 0.3 is 6.09 Å². The fraction of sp³-hybridized carbons (Fsp3) is 0.278. The summed E-state index contributed by atoms with van der Waals surface area (Å²) in [6.45, 7) is 6.47. The van der Waals surface area contributed by atoms with Crippen molar-refractivity contribution in [2.75, 3.05) is 0 Å². The Hall–Kier alpha value is -2.69. The maximum absolute atomic E-state index is 11.7. The van der Waals surface area contributed by atoms with E-state index in [4.69, 9.17) is 4.74 Å². The van der Waals surface area contributed by atoms with Crippen molar-refractivity contribution in [3.63, 3.8) is 0 Å². The van der Waals surface area contributed by atoms with Crippen molar-refractivity contribution in [1.82, 2.24) is 10.4 Å². The van der Waals surface area contributed by atoms with E-state index < -0.39 is 6.09 Å². The van der Waals surface area contributed by atoms with Crippen LogP contribution in [0.1, 0.15) is 42.1 Å². The smallest absolute Gasteiger partial charge is 0.428 e. The molecule has 1 aromatic heterocycles.